The van der Waals surface area contributed by atoms with Crippen molar-refractivity contribution in [3.05, 3.63) is 29.3 Å². The molecule has 0 radical (unpaired) electrons. The van der Waals surface area contributed by atoms with Crippen molar-refractivity contribution in [3.8, 4) is 5.75 Å². The molecule has 1 unspecified atom stereocenters. The molecule has 14 heavy (non-hydrogen) atoms. The molecule has 1 aromatic carbocycles. The zero-order valence-corrected chi connectivity index (χ0v) is 7.99. The summed E-state index contributed by atoms with van der Waals surface area (Å²) in [4.78, 5) is 10.8. The molecule has 3 nitrogen and oxygen atoms in total. The summed E-state index contributed by atoms with van der Waals surface area (Å²) in [5, 5.41) is 8.85. The Hall–Kier alpha value is -1.51. The zero-order chi connectivity index (χ0) is 10.1. The Morgan fingerprint density at radius 3 is 3.07 bits per heavy atom. The van der Waals surface area contributed by atoms with Crippen LogP contribution in [-0.4, -0.2) is 17.7 Å². The third-order valence-electron chi connectivity index (χ3n) is 2.58. The van der Waals surface area contributed by atoms with Gasteiger partial charge >= 0.3 is 5.97 Å². The van der Waals surface area contributed by atoms with Crippen LogP contribution in [0.25, 0.3) is 0 Å². The summed E-state index contributed by atoms with van der Waals surface area (Å²) in [6, 6.07) is 5.61. The molecule has 0 bridgehead atoms. The minimum absolute atomic E-state index is 0.444. The van der Waals surface area contributed by atoms with Crippen LogP contribution < -0.4 is 4.74 Å². The Morgan fingerprint density at radius 1 is 1.57 bits per heavy atom. The minimum Gasteiger partial charge on any atom is -0.493 e. The first-order valence-electron chi connectivity index (χ1n) is 4.67. The van der Waals surface area contributed by atoms with E-state index in [2.05, 4.69) is 0 Å². The van der Waals surface area contributed by atoms with Crippen LogP contribution in [0.3, 0.4) is 0 Å². The second kappa shape index (κ2) is 3.33. The molecule has 1 atom stereocenters. The second-order valence-electron chi connectivity index (χ2n) is 3.53. The third kappa shape index (κ3) is 1.45. The predicted molar refractivity (Wildman–Crippen MR) is 51.7 cm³/mol. The van der Waals surface area contributed by atoms with Crippen molar-refractivity contribution in [3.63, 3.8) is 0 Å². The summed E-state index contributed by atoms with van der Waals surface area (Å²) >= 11 is 0. The molecule has 1 aliphatic rings. The Balaban J connectivity index is 2.33. The third-order valence-corrected chi connectivity index (χ3v) is 2.58. The summed E-state index contributed by atoms with van der Waals surface area (Å²) in [5.41, 5.74) is 1.97. The fourth-order valence-corrected chi connectivity index (χ4v) is 1.62. The molecule has 0 aromatic heterocycles. The maximum absolute atomic E-state index is 10.8. The van der Waals surface area contributed by atoms with Gasteiger partial charge < -0.3 is 9.84 Å². The van der Waals surface area contributed by atoms with Crippen molar-refractivity contribution in [1.29, 1.82) is 0 Å². The Morgan fingerprint density at radius 2 is 2.36 bits per heavy atom. The van der Waals surface area contributed by atoms with E-state index in [-0.39, 0.29) is 0 Å². The molecule has 0 saturated heterocycles. The summed E-state index contributed by atoms with van der Waals surface area (Å²) in [6.07, 6.45) is 0.884. The average Bonchev–Trinajstić information content (AvgIpc) is 2.62. The van der Waals surface area contributed by atoms with E-state index in [1.807, 2.05) is 18.2 Å². The summed E-state index contributed by atoms with van der Waals surface area (Å²) in [7, 11) is 0. The molecule has 0 aliphatic carbocycles. The highest BCUT2D eigenvalue weighted by Crippen LogP contribution is 2.28. The van der Waals surface area contributed by atoms with Gasteiger partial charge in [-0.15, -0.1) is 0 Å². The second-order valence-corrected chi connectivity index (χ2v) is 3.53. The Bertz CT molecular complexity index is 371. The standard InChI is InChI=1S/C11H12O3/c1-7(11(12)13)8-2-3-10-9(6-8)4-5-14-10/h2-3,6-7H,4-5H2,1H3,(H,12,13). The van der Waals surface area contributed by atoms with E-state index in [1.165, 1.54) is 0 Å². The lowest BCUT2D eigenvalue weighted by Gasteiger charge is -2.07. The summed E-state index contributed by atoms with van der Waals surface area (Å²) < 4.78 is 5.35. The van der Waals surface area contributed by atoms with Crippen molar-refractivity contribution in [2.24, 2.45) is 0 Å². The van der Waals surface area contributed by atoms with Gasteiger partial charge in [0.05, 0.1) is 12.5 Å². The van der Waals surface area contributed by atoms with E-state index >= 15 is 0 Å². The number of rotatable bonds is 2. The fraction of sp³-hybridized carbons (Fsp3) is 0.364. The SMILES string of the molecule is CC(C(=O)O)c1ccc2c(c1)CCO2. The highest BCUT2D eigenvalue weighted by Gasteiger charge is 2.17. The number of ether oxygens (including phenoxy) is 1. The van der Waals surface area contributed by atoms with Crippen molar-refractivity contribution in [2.75, 3.05) is 6.61 Å². The molecular weight excluding hydrogens is 180 g/mol. The lowest BCUT2D eigenvalue weighted by Crippen LogP contribution is -2.07. The van der Waals surface area contributed by atoms with E-state index < -0.39 is 11.9 Å². The maximum Gasteiger partial charge on any atom is 0.310 e. The van der Waals surface area contributed by atoms with E-state index in [1.54, 1.807) is 6.92 Å². The number of carbonyl (C=O) groups is 1. The molecule has 1 aromatic rings. The van der Waals surface area contributed by atoms with Crippen LogP contribution in [0.2, 0.25) is 0 Å². The topological polar surface area (TPSA) is 46.5 Å². The molecule has 74 valence electrons. The number of benzene rings is 1. The number of carboxylic acids is 1. The lowest BCUT2D eigenvalue weighted by molar-refractivity contribution is -0.138. The Labute approximate surface area is 82.3 Å². The predicted octanol–water partition coefficient (Wildman–Crippen LogP) is 1.81. The molecule has 1 N–H and O–H groups in total. The molecule has 1 aliphatic heterocycles. The number of hydrogen-bond donors (Lipinski definition) is 1. The van der Waals surface area contributed by atoms with Crippen LogP contribution in [0.1, 0.15) is 24.0 Å². The smallest absolute Gasteiger partial charge is 0.310 e. The van der Waals surface area contributed by atoms with Gasteiger partial charge in [0, 0.05) is 6.42 Å². The number of aliphatic carboxylic acids is 1. The van der Waals surface area contributed by atoms with Crippen molar-refractivity contribution < 1.29 is 14.6 Å². The molecule has 0 saturated carbocycles. The molecule has 0 fully saturated rings. The average molecular weight is 192 g/mol. The first kappa shape index (κ1) is 9.06. The van der Waals surface area contributed by atoms with Crippen LogP contribution >= 0.6 is 0 Å². The number of fused-ring (bicyclic) bond motifs is 1. The highest BCUT2D eigenvalue weighted by molar-refractivity contribution is 5.75. The van der Waals surface area contributed by atoms with Gasteiger partial charge in [-0.25, -0.2) is 0 Å². The molecule has 3 heteroatoms. The van der Waals surface area contributed by atoms with Crippen LogP contribution in [0.5, 0.6) is 5.75 Å². The first-order valence-corrected chi connectivity index (χ1v) is 4.67. The first-order chi connectivity index (χ1) is 6.68. The van der Waals surface area contributed by atoms with E-state index in [0.29, 0.717) is 6.61 Å². The number of hydrogen-bond acceptors (Lipinski definition) is 2. The van der Waals surface area contributed by atoms with Crippen LogP contribution in [-0.2, 0) is 11.2 Å². The highest BCUT2D eigenvalue weighted by atomic mass is 16.5. The largest absolute Gasteiger partial charge is 0.493 e. The lowest BCUT2D eigenvalue weighted by atomic mass is 9.98. The molecular formula is C11H12O3. The van der Waals surface area contributed by atoms with Crippen LogP contribution in [0.15, 0.2) is 18.2 Å². The van der Waals surface area contributed by atoms with Crippen LogP contribution in [0, 0.1) is 0 Å². The van der Waals surface area contributed by atoms with Gasteiger partial charge in [0.1, 0.15) is 5.75 Å². The molecule has 0 spiro atoms. The fourth-order valence-electron chi connectivity index (χ4n) is 1.62. The van der Waals surface area contributed by atoms with Gasteiger partial charge in [0.2, 0.25) is 0 Å². The van der Waals surface area contributed by atoms with Gasteiger partial charge in [-0.1, -0.05) is 12.1 Å². The van der Waals surface area contributed by atoms with Crippen molar-refractivity contribution in [2.45, 2.75) is 19.3 Å². The van der Waals surface area contributed by atoms with Gasteiger partial charge in [0.25, 0.3) is 0 Å². The van der Waals surface area contributed by atoms with Gasteiger partial charge in [-0.2, -0.15) is 0 Å². The van der Waals surface area contributed by atoms with E-state index in [9.17, 15) is 4.79 Å². The number of carboxylic acid groups (broad SMARTS) is 1. The quantitative estimate of drug-likeness (QED) is 0.777. The van der Waals surface area contributed by atoms with Crippen molar-refractivity contribution >= 4 is 5.97 Å². The molecule has 2 rings (SSSR count). The normalized spacial score (nSPS) is 15.8. The van der Waals surface area contributed by atoms with Crippen LogP contribution in [0.4, 0.5) is 0 Å². The van der Waals surface area contributed by atoms with Gasteiger partial charge in [0.15, 0.2) is 0 Å². The zero-order valence-electron chi connectivity index (χ0n) is 7.99. The maximum atomic E-state index is 10.8. The van der Waals surface area contributed by atoms with Gasteiger partial charge in [-0.3, -0.25) is 4.79 Å². The van der Waals surface area contributed by atoms with Gasteiger partial charge in [-0.05, 0) is 24.1 Å². The Kier molecular flexibility index (Phi) is 2.15. The van der Waals surface area contributed by atoms with Crippen molar-refractivity contribution in [1.82, 2.24) is 0 Å². The monoisotopic (exact) mass is 192 g/mol. The molecule has 1 heterocycles. The summed E-state index contributed by atoms with van der Waals surface area (Å²) in [5.74, 6) is -0.337. The van der Waals surface area contributed by atoms with E-state index in [4.69, 9.17) is 9.84 Å². The van der Waals surface area contributed by atoms with E-state index in [0.717, 1.165) is 23.3 Å². The molecule has 0 amide bonds. The minimum atomic E-state index is -0.788. The summed E-state index contributed by atoms with van der Waals surface area (Å²) in [6.45, 7) is 2.40.